The van der Waals surface area contributed by atoms with Gasteiger partial charge in [0, 0.05) is 6.07 Å². The Morgan fingerprint density at radius 1 is 1.25 bits per heavy atom. The van der Waals surface area contributed by atoms with Crippen molar-refractivity contribution >= 4 is 20.7 Å². The Balaban J connectivity index is 1.98. The van der Waals surface area contributed by atoms with E-state index in [1.54, 1.807) is 6.20 Å². The normalized spacial score (nSPS) is 16.0. The number of aromatic nitrogens is 1. The molecule has 0 aliphatic heterocycles. The first-order valence-corrected chi connectivity index (χ1v) is 10.5. The zero-order valence-corrected chi connectivity index (χ0v) is 18.7. The fraction of sp³-hybridized carbons (Fsp3) is 0.714. The van der Waals surface area contributed by atoms with Crippen molar-refractivity contribution < 1.29 is 18.9 Å². The molecular weight excluding hydrogens is 352 g/mol. The van der Waals surface area contributed by atoms with Crippen LogP contribution in [0.3, 0.4) is 0 Å². The standard InChI is InChI=1S/C21H35B2NO4/c1-8-26-18(25)21(10-9-11-21)14-27-17-12-15(2)16(13-24-17)28-23-20(5,6)19(3,4)22-7/h12-13,22-23H,8-11,14H2,1-7H3. The van der Waals surface area contributed by atoms with E-state index in [1.165, 1.54) is 0 Å². The number of esters is 1. The lowest BCUT2D eigenvalue weighted by atomic mass is 9.38. The van der Waals surface area contributed by atoms with E-state index in [0.717, 1.165) is 37.9 Å². The Kier molecular flexibility index (Phi) is 7.11. The highest BCUT2D eigenvalue weighted by molar-refractivity contribution is 6.45. The Morgan fingerprint density at radius 3 is 2.43 bits per heavy atom. The van der Waals surface area contributed by atoms with Crippen LogP contribution >= 0.6 is 0 Å². The smallest absolute Gasteiger partial charge is 0.345 e. The second-order valence-corrected chi connectivity index (χ2v) is 9.34. The molecule has 5 nitrogen and oxygen atoms in total. The van der Waals surface area contributed by atoms with Gasteiger partial charge in [-0.05, 0) is 37.6 Å². The van der Waals surface area contributed by atoms with E-state index in [4.69, 9.17) is 14.1 Å². The van der Waals surface area contributed by atoms with Crippen molar-refractivity contribution in [1.82, 2.24) is 4.98 Å². The van der Waals surface area contributed by atoms with Gasteiger partial charge in [0.2, 0.25) is 5.88 Å². The van der Waals surface area contributed by atoms with Crippen molar-refractivity contribution in [3.63, 3.8) is 0 Å². The topological polar surface area (TPSA) is 57.7 Å². The Labute approximate surface area is 171 Å². The molecule has 7 heteroatoms. The molecule has 0 bridgehead atoms. The number of ether oxygens (including phenoxy) is 2. The number of nitrogens with zero attached hydrogens (tertiary/aromatic N) is 1. The molecule has 0 amide bonds. The van der Waals surface area contributed by atoms with Crippen LogP contribution in [-0.2, 0) is 9.53 Å². The number of rotatable bonds is 10. The maximum Gasteiger partial charge on any atom is 0.345 e. The van der Waals surface area contributed by atoms with Crippen molar-refractivity contribution in [2.45, 2.75) is 78.3 Å². The van der Waals surface area contributed by atoms with Crippen LogP contribution in [0.4, 0.5) is 0 Å². The zero-order valence-electron chi connectivity index (χ0n) is 18.7. The summed E-state index contributed by atoms with van der Waals surface area (Å²) in [5.41, 5.74) is 0.477. The predicted molar refractivity (Wildman–Crippen MR) is 116 cm³/mol. The fourth-order valence-corrected chi connectivity index (χ4v) is 3.19. The number of hydrogen-bond donors (Lipinski definition) is 0. The van der Waals surface area contributed by atoms with Gasteiger partial charge in [-0.25, -0.2) is 4.98 Å². The predicted octanol–water partition coefficient (Wildman–Crippen LogP) is 4.11. The molecule has 0 radical (unpaired) electrons. The molecule has 1 aliphatic rings. The molecule has 2 rings (SSSR count). The second kappa shape index (κ2) is 8.79. The van der Waals surface area contributed by atoms with E-state index >= 15 is 0 Å². The third-order valence-electron chi connectivity index (χ3n) is 6.86. The minimum absolute atomic E-state index is 0.0413. The summed E-state index contributed by atoms with van der Waals surface area (Å²) in [5, 5.41) is 0.223. The minimum Gasteiger partial charge on any atom is -0.562 e. The first kappa shape index (κ1) is 22.6. The number of carbonyl (C=O) groups is 1. The number of carbonyl (C=O) groups excluding carboxylic acids is 1. The molecule has 1 aromatic rings. The summed E-state index contributed by atoms with van der Waals surface area (Å²) in [6.45, 7) is 15.8. The first-order chi connectivity index (χ1) is 13.1. The molecular formula is C21H35B2NO4. The van der Waals surface area contributed by atoms with Gasteiger partial charge in [-0.3, -0.25) is 4.79 Å². The van der Waals surface area contributed by atoms with E-state index < -0.39 is 5.41 Å². The van der Waals surface area contributed by atoms with Gasteiger partial charge in [0.1, 0.15) is 25.1 Å². The second-order valence-electron chi connectivity index (χ2n) is 9.34. The molecule has 1 saturated carbocycles. The summed E-state index contributed by atoms with van der Waals surface area (Å²) in [4.78, 5) is 16.6. The van der Waals surface area contributed by atoms with Crippen LogP contribution in [0.25, 0.3) is 0 Å². The average molecular weight is 387 g/mol. The zero-order chi connectivity index (χ0) is 21.0. The number of hydrogen-bond acceptors (Lipinski definition) is 5. The highest BCUT2D eigenvalue weighted by Crippen LogP contribution is 2.49. The summed E-state index contributed by atoms with van der Waals surface area (Å²) >= 11 is 0. The molecule has 28 heavy (non-hydrogen) atoms. The lowest BCUT2D eigenvalue weighted by Crippen LogP contribution is -2.44. The van der Waals surface area contributed by atoms with Crippen LogP contribution < -0.4 is 9.39 Å². The van der Waals surface area contributed by atoms with E-state index in [1.807, 2.05) is 19.9 Å². The molecule has 1 heterocycles. The Morgan fingerprint density at radius 2 is 1.93 bits per heavy atom. The van der Waals surface area contributed by atoms with Gasteiger partial charge < -0.3 is 14.1 Å². The molecule has 0 unspecified atom stereocenters. The number of pyridine rings is 1. The molecule has 0 saturated heterocycles. The Bertz CT molecular complexity index is 687. The summed E-state index contributed by atoms with van der Waals surface area (Å²) < 4.78 is 17.2. The molecule has 0 aromatic carbocycles. The van der Waals surface area contributed by atoms with E-state index in [2.05, 4.69) is 39.5 Å². The average Bonchev–Trinajstić information content (AvgIpc) is 2.60. The molecule has 0 N–H and O–H groups in total. The van der Waals surface area contributed by atoms with Gasteiger partial charge >= 0.3 is 13.5 Å². The van der Waals surface area contributed by atoms with Crippen LogP contribution in [0.15, 0.2) is 12.3 Å². The van der Waals surface area contributed by atoms with E-state index in [0.29, 0.717) is 26.6 Å². The Hall–Kier alpha value is -1.65. The van der Waals surface area contributed by atoms with Gasteiger partial charge in [0.05, 0.1) is 12.8 Å². The fourth-order valence-electron chi connectivity index (χ4n) is 3.19. The summed E-state index contributed by atoms with van der Waals surface area (Å²) in [6.07, 6.45) is 4.38. The molecule has 1 aromatic heterocycles. The number of aryl methyl sites for hydroxylation is 1. The van der Waals surface area contributed by atoms with Crippen molar-refractivity contribution in [2.24, 2.45) is 5.41 Å². The molecule has 0 spiro atoms. The van der Waals surface area contributed by atoms with Crippen molar-refractivity contribution in [3.8, 4) is 11.6 Å². The van der Waals surface area contributed by atoms with Gasteiger partial charge in [-0.15, -0.1) is 0 Å². The van der Waals surface area contributed by atoms with Crippen LogP contribution in [0, 0.1) is 12.3 Å². The molecule has 1 fully saturated rings. The summed E-state index contributed by atoms with van der Waals surface area (Å²) in [6, 6.07) is 1.88. The van der Waals surface area contributed by atoms with Gasteiger partial charge in [-0.1, -0.05) is 46.3 Å². The highest BCUT2D eigenvalue weighted by atomic mass is 16.5. The van der Waals surface area contributed by atoms with E-state index in [9.17, 15) is 4.79 Å². The quantitative estimate of drug-likeness (QED) is 0.447. The first-order valence-electron chi connectivity index (χ1n) is 10.5. The van der Waals surface area contributed by atoms with Crippen LogP contribution in [0.1, 0.15) is 59.4 Å². The van der Waals surface area contributed by atoms with Crippen LogP contribution in [-0.4, -0.2) is 38.9 Å². The lowest BCUT2D eigenvalue weighted by Gasteiger charge is -2.39. The molecule has 154 valence electrons. The van der Waals surface area contributed by atoms with Crippen LogP contribution in [0.5, 0.6) is 11.6 Å². The minimum atomic E-state index is -0.503. The third kappa shape index (κ3) is 4.84. The van der Waals surface area contributed by atoms with Gasteiger partial charge in [0.25, 0.3) is 0 Å². The molecule has 0 atom stereocenters. The monoisotopic (exact) mass is 387 g/mol. The van der Waals surface area contributed by atoms with E-state index in [-0.39, 0.29) is 16.6 Å². The summed E-state index contributed by atoms with van der Waals surface area (Å²) in [7, 11) is 1.72. The van der Waals surface area contributed by atoms with Gasteiger partial charge in [-0.2, -0.15) is 0 Å². The van der Waals surface area contributed by atoms with Crippen molar-refractivity contribution in [3.05, 3.63) is 17.8 Å². The van der Waals surface area contributed by atoms with Crippen LogP contribution in [0.2, 0.25) is 17.5 Å². The maximum atomic E-state index is 12.2. The third-order valence-corrected chi connectivity index (χ3v) is 6.86. The van der Waals surface area contributed by atoms with Crippen molar-refractivity contribution in [2.75, 3.05) is 13.2 Å². The van der Waals surface area contributed by atoms with Gasteiger partial charge in [0.15, 0.2) is 0 Å². The summed E-state index contributed by atoms with van der Waals surface area (Å²) in [5.74, 6) is 1.14. The van der Waals surface area contributed by atoms with Crippen molar-refractivity contribution in [1.29, 1.82) is 0 Å². The highest BCUT2D eigenvalue weighted by Gasteiger charge is 2.46. The largest absolute Gasteiger partial charge is 0.562 e. The SMILES string of the molecule is CBC(C)(C)C(C)(C)BOc1cnc(OCC2(C(=O)OCC)CCC2)cc1C. The lowest BCUT2D eigenvalue weighted by molar-refractivity contribution is -0.163. The maximum absolute atomic E-state index is 12.2. The molecule has 1 aliphatic carbocycles.